The first-order valence-corrected chi connectivity index (χ1v) is 6.54. The highest BCUT2D eigenvalue weighted by molar-refractivity contribution is 7.11. The molecule has 0 aliphatic rings. The molecule has 1 aromatic rings. The highest BCUT2D eigenvalue weighted by atomic mass is 32.1. The smallest absolute Gasteiger partial charge is 0.113 e. The highest BCUT2D eigenvalue weighted by Gasteiger charge is 2.27. The van der Waals surface area contributed by atoms with Crippen molar-refractivity contribution < 1.29 is 0 Å². The van der Waals surface area contributed by atoms with Gasteiger partial charge in [-0.2, -0.15) is 0 Å². The van der Waals surface area contributed by atoms with Crippen molar-refractivity contribution in [2.75, 3.05) is 6.54 Å². The predicted molar refractivity (Wildman–Crippen MR) is 67.5 cm³/mol. The van der Waals surface area contributed by atoms with Crippen LogP contribution in [0.5, 0.6) is 0 Å². The molecule has 1 N–H and O–H groups in total. The Kier molecular flexibility index (Phi) is 4.29. The molecule has 0 saturated heterocycles. The maximum absolute atomic E-state index is 4.66. The summed E-state index contributed by atoms with van der Waals surface area (Å²) in [5, 5.41) is 4.83. The fourth-order valence-corrected chi connectivity index (χ4v) is 2.57. The fraction of sp³-hybridized carbons (Fsp3) is 0.750. The Labute approximate surface area is 97.1 Å². The standard InChI is InChI=1S/C12H22N2S/c1-6-8-13-12(5,7-2)11-14-9(3)10(4)15-11/h13H,6-8H2,1-5H3. The Morgan fingerprint density at radius 2 is 2.00 bits per heavy atom. The number of thiazole rings is 1. The number of nitrogens with zero attached hydrogens (tertiary/aromatic N) is 1. The SMILES string of the molecule is CCCNC(C)(CC)c1nc(C)c(C)s1. The molecule has 15 heavy (non-hydrogen) atoms. The lowest BCUT2D eigenvalue weighted by atomic mass is 10.00. The third kappa shape index (κ3) is 2.79. The second-order valence-electron chi connectivity index (χ2n) is 4.27. The number of nitrogens with one attached hydrogen (secondary N) is 1. The average molecular weight is 226 g/mol. The van der Waals surface area contributed by atoms with E-state index in [1.807, 2.05) is 11.3 Å². The molecule has 0 aliphatic carbocycles. The van der Waals surface area contributed by atoms with E-state index in [0.29, 0.717) is 0 Å². The summed E-state index contributed by atoms with van der Waals surface area (Å²) in [6, 6.07) is 0. The molecule has 86 valence electrons. The summed E-state index contributed by atoms with van der Waals surface area (Å²) in [7, 11) is 0. The van der Waals surface area contributed by atoms with E-state index in [4.69, 9.17) is 0 Å². The predicted octanol–water partition coefficient (Wildman–Crippen LogP) is 3.38. The lowest BCUT2D eigenvalue weighted by Gasteiger charge is -2.27. The third-order valence-electron chi connectivity index (χ3n) is 2.97. The second-order valence-corrected chi connectivity index (χ2v) is 5.48. The normalized spacial score (nSPS) is 15.3. The molecule has 0 saturated carbocycles. The van der Waals surface area contributed by atoms with E-state index in [1.165, 1.54) is 22.0 Å². The van der Waals surface area contributed by atoms with Gasteiger partial charge in [0.1, 0.15) is 5.01 Å². The lowest BCUT2D eigenvalue weighted by Crippen LogP contribution is -2.39. The van der Waals surface area contributed by atoms with Gasteiger partial charge in [-0.15, -0.1) is 11.3 Å². The van der Waals surface area contributed by atoms with Crippen LogP contribution >= 0.6 is 11.3 Å². The first-order chi connectivity index (χ1) is 7.03. The van der Waals surface area contributed by atoms with Crippen molar-refractivity contribution in [3.05, 3.63) is 15.6 Å². The molecule has 0 aliphatic heterocycles. The minimum atomic E-state index is 0.0553. The van der Waals surface area contributed by atoms with Crippen LogP contribution in [0.25, 0.3) is 0 Å². The van der Waals surface area contributed by atoms with Gasteiger partial charge in [-0.05, 0) is 40.2 Å². The Balaban J connectivity index is 2.89. The summed E-state index contributed by atoms with van der Waals surface area (Å²) < 4.78 is 0. The van der Waals surface area contributed by atoms with Gasteiger partial charge in [0.15, 0.2) is 0 Å². The molecule has 2 nitrogen and oxygen atoms in total. The maximum atomic E-state index is 4.66. The zero-order valence-corrected chi connectivity index (χ0v) is 11.3. The van der Waals surface area contributed by atoms with Crippen molar-refractivity contribution in [2.45, 2.75) is 53.0 Å². The van der Waals surface area contributed by atoms with E-state index in [-0.39, 0.29) is 5.54 Å². The average Bonchev–Trinajstić information content (AvgIpc) is 2.56. The largest absolute Gasteiger partial charge is 0.306 e. The second kappa shape index (κ2) is 5.08. The van der Waals surface area contributed by atoms with E-state index < -0.39 is 0 Å². The molecule has 3 heteroatoms. The minimum absolute atomic E-state index is 0.0553. The van der Waals surface area contributed by atoms with E-state index in [2.05, 4.69) is 44.9 Å². The van der Waals surface area contributed by atoms with Crippen molar-refractivity contribution >= 4 is 11.3 Å². The van der Waals surface area contributed by atoms with Crippen molar-refractivity contribution in [1.29, 1.82) is 0 Å². The summed E-state index contributed by atoms with van der Waals surface area (Å²) in [5.74, 6) is 0. The van der Waals surface area contributed by atoms with Gasteiger partial charge in [0, 0.05) is 4.88 Å². The summed E-state index contributed by atoms with van der Waals surface area (Å²) in [6.07, 6.45) is 2.25. The number of hydrogen-bond donors (Lipinski definition) is 1. The minimum Gasteiger partial charge on any atom is -0.306 e. The number of hydrogen-bond acceptors (Lipinski definition) is 3. The van der Waals surface area contributed by atoms with Gasteiger partial charge in [-0.1, -0.05) is 13.8 Å². The Morgan fingerprint density at radius 3 is 2.40 bits per heavy atom. The van der Waals surface area contributed by atoms with E-state index >= 15 is 0 Å². The van der Waals surface area contributed by atoms with Gasteiger partial charge in [-0.25, -0.2) is 4.98 Å². The zero-order valence-electron chi connectivity index (χ0n) is 10.5. The first kappa shape index (κ1) is 12.7. The summed E-state index contributed by atoms with van der Waals surface area (Å²) in [4.78, 5) is 6.00. The van der Waals surface area contributed by atoms with Crippen LogP contribution in [0.2, 0.25) is 0 Å². The number of aromatic nitrogens is 1. The monoisotopic (exact) mass is 226 g/mol. The van der Waals surface area contributed by atoms with Gasteiger partial charge in [-0.3, -0.25) is 0 Å². The number of rotatable bonds is 5. The summed E-state index contributed by atoms with van der Waals surface area (Å²) in [5.41, 5.74) is 1.23. The molecule has 1 aromatic heterocycles. The summed E-state index contributed by atoms with van der Waals surface area (Å²) >= 11 is 1.82. The zero-order chi connectivity index (χ0) is 11.5. The molecule has 1 atom stereocenters. The van der Waals surface area contributed by atoms with Gasteiger partial charge < -0.3 is 5.32 Å². The highest BCUT2D eigenvalue weighted by Crippen LogP contribution is 2.29. The van der Waals surface area contributed by atoms with Crippen LogP contribution in [0, 0.1) is 13.8 Å². The molecule has 1 heterocycles. The van der Waals surface area contributed by atoms with Crippen LogP contribution in [0.15, 0.2) is 0 Å². The van der Waals surface area contributed by atoms with Crippen LogP contribution in [0.1, 0.15) is 49.2 Å². The van der Waals surface area contributed by atoms with Crippen LogP contribution < -0.4 is 5.32 Å². The van der Waals surface area contributed by atoms with Crippen LogP contribution in [0.3, 0.4) is 0 Å². The molecular weight excluding hydrogens is 204 g/mol. The molecule has 1 unspecified atom stereocenters. The Hall–Kier alpha value is -0.410. The third-order valence-corrected chi connectivity index (χ3v) is 4.31. The first-order valence-electron chi connectivity index (χ1n) is 5.73. The van der Waals surface area contributed by atoms with Crippen LogP contribution in [-0.4, -0.2) is 11.5 Å². The van der Waals surface area contributed by atoms with Gasteiger partial charge in [0.25, 0.3) is 0 Å². The van der Waals surface area contributed by atoms with Crippen molar-refractivity contribution in [3.63, 3.8) is 0 Å². The molecule has 0 bridgehead atoms. The quantitative estimate of drug-likeness (QED) is 0.832. The van der Waals surface area contributed by atoms with E-state index in [9.17, 15) is 0 Å². The molecule has 0 aromatic carbocycles. The molecule has 0 amide bonds. The molecule has 0 spiro atoms. The maximum Gasteiger partial charge on any atom is 0.113 e. The molecule has 0 radical (unpaired) electrons. The van der Waals surface area contributed by atoms with Crippen molar-refractivity contribution in [1.82, 2.24) is 10.3 Å². The Morgan fingerprint density at radius 1 is 1.33 bits per heavy atom. The lowest BCUT2D eigenvalue weighted by molar-refractivity contribution is 0.352. The van der Waals surface area contributed by atoms with E-state index in [1.54, 1.807) is 0 Å². The van der Waals surface area contributed by atoms with Crippen LogP contribution in [-0.2, 0) is 5.54 Å². The van der Waals surface area contributed by atoms with Crippen LogP contribution in [0.4, 0.5) is 0 Å². The summed E-state index contributed by atoms with van der Waals surface area (Å²) in [6.45, 7) is 12.0. The molecule has 1 rings (SSSR count). The topological polar surface area (TPSA) is 24.9 Å². The van der Waals surface area contributed by atoms with Crippen molar-refractivity contribution in [2.24, 2.45) is 0 Å². The molecule has 0 fully saturated rings. The van der Waals surface area contributed by atoms with Gasteiger partial charge in [0.2, 0.25) is 0 Å². The number of aryl methyl sites for hydroxylation is 2. The molecular formula is C12H22N2S. The van der Waals surface area contributed by atoms with E-state index in [0.717, 1.165) is 13.0 Å². The Bertz CT molecular complexity index is 300. The van der Waals surface area contributed by atoms with Gasteiger partial charge >= 0.3 is 0 Å². The fourth-order valence-electron chi connectivity index (χ4n) is 1.46. The van der Waals surface area contributed by atoms with Crippen molar-refractivity contribution in [3.8, 4) is 0 Å². The van der Waals surface area contributed by atoms with Gasteiger partial charge in [0.05, 0.1) is 11.2 Å².